The molecule has 1 saturated carbocycles. The highest BCUT2D eigenvalue weighted by Crippen LogP contribution is 2.63. The fourth-order valence-corrected chi connectivity index (χ4v) is 7.73. The van der Waals surface area contributed by atoms with Gasteiger partial charge in [0.15, 0.2) is 0 Å². The highest BCUT2D eigenvalue weighted by molar-refractivity contribution is 6.30. The molecule has 0 aromatic heterocycles. The fourth-order valence-electron chi connectivity index (χ4n) is 7.61. The van der Waals surface area contributed by atoms with E-state index < -0.39 is 52.6 Å². The van der Waals surface area contributed by atoms with Gasteiger partial charge in [-0.05, 0) is 78.4 Å². The van der Waals surface area contributed by atoms with Gasteiger partial charge >= 0.3 is 0 Å². The first kappa shape index (κ1) is 26.4. The van der Waals surface area contributed by atoms with Gasteiger partial charge in [0.05, 0.1) is 28.9 Å². The first-order chi connectivity index (χ1) is 20.2. The number of anilines is 1. The number of fused-ring (bicyclic) bond motifs is 4. The molecule has 2 aliphatic carbocycles. The zero-order valence-electron chi connectivity index (χ0n) is 22.1. The Morgan fingerprint density at radius 3 is 2.29 bits per heavy atom. The van der Waals surface area contributed by atoms with Crippen LogP contribution in [0.4, 0.5) is 10.1 Å². The van der Waals surface area contributed by atoms with E-state index in [0.717, 1.165) is 10.6 Å². The summed E-state index contributed by atoms with van der Waals surface area (Å²) < 4.78 is 13.6. The number of carbonyl (C=O) groups excluding carboxylic acids is 4. The van der Waals surface area contributed by atoms with Crippen molar-refractivity contribution in [2.45, 2.75) is 24.2 Å². The Labute approximate surface area is 245 Å². The summed E-state index contributed by atoms with van der Waals surface area (Å²) in [5.41, 5.74) is 3.87. The van der Waals surface area contributed by atoms with Gasteiger partial charge in [-0.1, -0.05) is 47.5 Å². The number of halogens is 2. The molecule has 6 unspecified atom stereocenters. The maximum absolute atomic E-state index is 14.8. The number of imide groups is 2. The van der Waals surface area contributed by atoms with E-state index in [4.69, 9.17) is 11.6 Å². The van der Waals surface area contributed by atoms with E-state index in [1.54, 1.807) is 36.4 Å². The number of nitrogens with one attached hydrogen (secondary N) is 2. The zero-order chi connectivity index (χ0) is 29.3. The van der Waals surface area contributed by atoms with Crippen LogP contribution >= 0.6 is 11.6 Å². The van der Waals surface area contributed by atoms with E-state index in [1.165, 1.54) is 36.4 Å². The van der Waals surface area contributed by atoms with Gasteiger partial charge in [0.1, 0.15) is 11.6 Å². The minimum Gasteiger partial charge on any atom is -0.508 e. The number of carbonyl (C=O) groups is 4. The molecular formula is C32H25ClFN3O5. The second kappa shape index (κ2) is 9.52. The first-order valence-corrected chi connectivity index (χ1v) is 14.1. The van der Waals surface area contributed by atoms with Crippen LogP contribution in [-0.2, 0) is 24.6 Å². The standard InChI is InChI=1S/C32H25ClFN3O5/c33-18-5-3-17(4-6-18)32-25(30(41)37(31(32)42)36-20-9-7-19(34)8-10-20)15-24-22(27(32)16-1-11-21(38)12-2-16)13-14-23-26(24)29(40)35-28(23)39/h1-13,23-27,36,38H,14-15H2,(H,35,39,40). The Bertz CT molecular complexity index is 1670. The Hall–Kier alpha value is -4.50. The van der Waals surface area contributed by atoms with E-state index in [-0.39, 0.29) is 24.0 Å². The molecule has 0 bridgehead atoms. The first-order valence-electron chi connectivity index (χ1n) is 13.7. The van der Waals surface area contributed by atoms with Crippen molar-refractivity contribution in [2.24, 2.45) is 23.7 Å². The molecule has 212 valence electrons. The van der Waals surface area contributed by atoms with Crippen LogP contribution in [0, 0.1) is 29.5 Å². The second-order valence-electron chi connectivity index (χ2n) is 11.3. The molecule has 42 heavy (non-hydrogen) atoms. The van der Waals surface area contributed by atoms with Gasteiger partial charge in [0, 0.05) is 10.9 Å². The SMILES string of the molecule is O=C1NC(=O)C2C1CC=C1C2CC2C(=O)N(Nc3ccc(F)cc3)C(=O)C2(c2ccc(Cl)cc2)C1c1ccc(O)cc1. The monoisotopic (exact) mass is 585 g/mol. The molecule has 2 aliphatic heterocycles. The summed E-state index contributed by atoms with van der Waals surface area (Å²) in [6.07, 6.45) is 2.43. The molecule has 4 aliphatic rings. The van der Waals surface area contributed by atoms with Gasteiger partial charge in [-0.2, -0.15) is 5.01 Å². The molecule has 0 radical (unpaired) electrons. The number of rotatable bonds is 4. The van der Waals surface area contributed by atoms with Crippen molar-refractivity contribution in [2.75, 3.05) is 5.43 Å². The highest BCUT2D eigenvalue weighted by atomic mass is 35.5. The minimum atomic E-state index is -1.44. The van der Waals surface area contributed by atoms with E-state index >= 15 is 0 Å². The van der Waals surface area contributed by atoms with Gasteiger partial charge < -0.3 is 5.11 Å². The molecule has 10 heteroatoms. The summed E-state index contributed by atoms with van der Waals surface area (Å²) in [6, 6.07) is 18.6. The average molecular weight is 586 g/mol. The smallest absolute Gasteiger partial charge is 0.260 e. The van der Waals surface area contributed by atoms with Crippen molar-refractivity contribution in [3.05, 3.63) is 106 Å². The molecular weight excluding hydrogens is 561 g/mol. The largest absolute Gasteiger partial charge is 0.508 e. The summed E-state index contributed by atoms with van der Waals surface area (Å²) in [5.74, 6) is -5.43. The maximum Gasteiger partial charge on any atom is 0.260 e. The third-order valence-corrected chi connectivity index (χ3v) is 9.58. The quantitative estimate of drug-likeness (QED) is 0.308. The van der Waals surface area contributed by atoms with Gasteiger partial charge in [0.2, 0.25) is 11.8 Å². The van der Waals surface area contributed by atoms with Gasteiger partial charge in [-0.25, -0.2) is 4.39 Å². The lowest BCUT2D eigenvalue weighted by atomic mass is 9.49. The minimum absolute atomic E-state index is 0.0371. The number of nitrogens with zero attached hydrogens (tertiary/aromatic N) is 1. The molecule has 3 fully saturated rings. The van der Waals surface area contributed by atoms with Crippen LogP contribution in [0.3, 0.4) is 0 Å². The average Bonchev–Trinajstić information content (AvgIpc) is 3.39. The van der Waals surface area contributed by atoms with Crippen molar-refractivity contribution >= 4 is 40.9 Å². The number of hydrogen-bond acceptors (Lipinski definition) is 6. The van der Waals surface area contributed by atoms with Crippen LogP contribution in [0.25, 0.3) is 0 Å². The third kappa shape index (κ3) is 3.73. The van der Waals surface area contributed by atoms with Crippen molar-refractivity contribution in [3.63, 3.8) is 0 Å². The summed E-state index contributed by atoms with van der Waals surface area (Å²) in [4.78, 5) is 54.9. The van der Waals surface area contributed by atoms with Crippen LogP contribution in [-0.4, -0.2) is 33.7 Å². The number of hydrogen-bond donors (Lipinski definition) is 3. The molecule has 4 amide bonds. The topological polar surface area (TPSA) is 116 Å². The maximum atomic E-state index is 14.8. The van der Waals surface area contributed by atoms with Crippen molar-refractivity contribution < 1.29 is 28.7 Å². The number of benzene rings is 3. The van der Waals surface area contributed by atoms with E-state index in [0.29, 0.717) is 28.3 Å². The van der Waals surface area contributed by atoms with Crippen molar-refractivity contribution in [1.29, 1.82) is 0 Å². The van der Waals surface area contributed by atoms with Gasteiger partial charge in [0.25, 0.3) is 11.8 Å². The third-order valence-electron chi connectivity index (χ3n) is 9.33. The molecule has 3 aromatic carbocycles. The Morgan fingerprint density at radius 1 is 0.905 bits per heavy atom. The van der Waals surface area contributed by atoms with Gasteiger partial charge in [-0.3, -0.25) is 29.9 Å². The van der Waals surface area contributed by atoms with Crippen LogP contribution in [0.1, 0.15) is 29.9 Å². The molecule has 3 N–H and O–H groups in total. The van der Waals surface area contributed by atoms with Crippen molar-refractivity contribution in [3.8, 4) is 5.75 Å². The highest BCUT2D eigenvalue weighted by Gasteiger charge is 2.69. The number of allylic oxidation sites excluding steroid dienone is 2. The summed E-state index contributed by atoms with van der Waals surface area (Å²) in [6.45, 7) is 0. The zero-order valence-corrected chi connectivity index (χ0v) is 22.8. The molecule has 8 nitrogen and oxygen atoms in total. The number of phenols is 1. The predicted molar refractivity (Wildman–Crippen MR) is 150 cm³/mol. The number of hydrazine groups is 1. The van der Waals surface area contributed by atoms with E-state index in [1.807, 2.05) is 6.08 Å². The number of amides is 4. The summed E-state index contributed by atoms with van der Waals surface area (Å²) in [5, 5.41) is 14.0. The normalized spacial score (nSPS) is 29.9. The molecule has 6 atom stereocenters. The van der Waals surface area contributed by atoms with E-state index in [9.17, 15) is 28.7 Å². The van der Waals surface area contributed by atoms with Crippen LogP contribution in [0.5, 0.6) is 5.75 Å². The lowest BCUT2D eigenvalue weighted by molar-refractivity contribution is -0.138. The lowest BCUT2D eigenvalue weighted by Gasteiger charge is -2.50. The Kier molecular flexibility index (Phi) is 5.99. The van der Waals surface area contributed by atoms with Crippen LogP contribution in [0.2, 0.25) is 5.02 Å². The van der Waals surface area contributed by atoms with E-state index in [2.05, 4.69) is 10.7 Å². The molecule has 2 saturated heterocycles. The molecule has 3 aromatic rings. The molecule has 2 heterocycles. The number of aromatic hydroxyl groups is 1. The molecule has 0 spiro atoms. The van der Waals surface area contributed by atoms with Gasteiger partial charge in [-0.15, -0.1) is 0 Å². The predicted octanol–water partition coefficient (Wildman–Crippen LogP) is 4.46. The van der Waals surface area contributed by atoms with Crippen LogP contribution in [0.15, 0.2) is 84.4 Å². The number of phenolic OH excluding ortho intramolecular Hbond substituents is 1. The fraction of sp³-hybridized carbons (Fsp3) is 0.250. The lowest BCUT2D eigenvalue weighted by Crippen LogP contribution is -2.53. The summed E-state index contributed by atoms with van der Waals surface area (Å²) in [7, 11) is 0. The van der Waals surface area contributed by atoms with Crippen molar-refractivity contribution in [1.82, 2.24) is 10.3 Å². The molecule has 7 rings (SSSR count). The Balaban J connectivity index is 1.46. The summed E-state index contributed by atoms with van der Waals surface area (Å²) >= 11 is 6.26. The van der Waals surface area contributed by atoms with Crippen LogP contribution < -0.4 is 10.7 Å². The second-order valence-corrected chi connectivity index (χ2v) is 11.8. The Morgan fingerprint density at radius 2 is 1.60 bits per heavy atom.